The fourth-order valence-electron chi connectivity index (χ4n) is 3.47. The van der Waals surface area contributed by atoms with Crippen LogP contribution >= 0.6 is 0 Å². The zero-order chi connectivity index (χ0) is 19.3. The molecule has 28 heavy (non-hydrogen) atoms. The molecule has 1 amide bonds. The summed E-state index contributed by atoms with van der Waals surface area (Å²) in [6.07, 6.45) is 1.34. The third-order valence-corrected chi connectivity index (χ3v) is 5.00. The number of para-hydroxylation sites is 1. The summed E-state index contributed by atoms with van der Waals surface area (Å²) in [6, 6.07) is 25.3. The second-order valence-corrected chi connectivity index (χ2v) is 6.95. The van der Waals surface area contributed by atoms with Crippen molar-refractivity contribution in [2.45, 2.75) is 19.3 Å². The fourth-order valence-corrected chi connectivity index (χ4v) is 3.47. The summed E-state index contributed by atoms with van der Waals surface area (Å²) >= 11 is 0. The maximum Gasteiger partial charge on any atom is 0.311 e. The van der Waals surface area contributed by atoms with Gasteiger partial charge in [-0.1, -0.05) is 60.7 Å². The number of esters is 1. The number of anilines is 1. The number of ether oxygens (including phenoxy) is 1. The number of amides is 1. The molecule has 1 atom stereocenters. The third-order valence-electron chi connectivity index (χ3n) is 5.00. The van der Waals surface area contributed by atoms with E-state index in [0.29, 0.717) is 18.6 Å². The molecule has 1 unspecified atom stereocenters. The lowest BCUT2D eigenvalue weighted by Crippen LogP contribution is -2.30. The van der Waals surface area contributed by atoms with Gasteiger partial charge in [0.1, 0.15) is 5.75 Å². The highest BCUT2D eigenvalue weighted by atomic mass is 16.5. The number of rotatable bonds is 5. The summed E-state index contributed by atoms with van der Waals surface area (Å²) in [5, 5.41) is 2.91. The minimum Gasteiger partial charge on any atom is -0.427 e. The van der Waals surface area contributed by atoms with Gasteiger partial charge in [-0.3, -0.25) is 9.59 Å². The zero-order valence-electron chi connectivity index (χ0n) is 15.4. The Hall–Kier alpha value is -3.40. The lowest BCUT2D eigenvalue weighted by Gasteiger charge is -2.24. The van der Waals surface area contributed by atoms with E-state index in [0.717, 1.165) is 22.4 Å². The molecule has 4 heteroatoms. The van der Waals surface area contributed by atoms with E-state index in [1.807, 2.05) is 66.7 Å². The molecular formula is C24H21NO3. The molecule has 3 aromatic rings. The van der Waals surface area contributed by atoms with E-state index >= 15 is 0 Å². The van der Waals surface area contributed by atoms with E-state index in [1.165, 1.54) is 0 Å². The summed E-state index contributed by atoms with van der Waals surface area (Å²) in [5.41, 5.74) is 4.16. The Morgan fingerprint density at radius 3 is 2.36 bits per heavy atom. The van der Waals surface area contributed by atoms with Gasteiger partial charge in [0.25, 0.3) is 0 Å². The molecule has 0 fully saturated rings. The van der Waals surface area contributed by atoms with Crippen LogP contribution in [0.5, 0.6) is 5.75 Å². The summed E-state index contributed by atoms with van der Waals surface area (Å²) in [6.45, 7) is 0. The van der Waals surface area contributed by atoms with E-state index in [2.05, 4.69) is 5.32 Å². The van der Waals surface area contributed by atoms with Crippen molar-refractivity contribution in [3.63, 3.8) is 0 Å². The molecule has 1 N–H and O–H groups in total. The Kier molecular flexibility index (Phi) is 5.20. The number of nitrogens with one attached hydrogen (secondary N) is 1. The van der Waals surface area contributed by atoms with Crippen molar-refractivity contribution >= 4 is 17.6 Å². The second kappa shape index (κ2) is 8.09. The molecule has 0 aromatic heterocycles. The molecule has 0 spiro atoms. The number of carbonyl (C=O) groups is 2. The van der Waals surface area contributed by atoms with Gasteiger partial charge in [-0.2, -0.15) is 0 Å². The van der Waals surface area contributed by atoms with E-state index in [4.69, 9.17) is 4.74 Å². The van der Waals surface area contributed by atoms with E-state index < -0.39 is 0 Å². The third kappa shape index (κ3) is 4.12. The zero-order valence-corrected chi connectivity index (χ0v) is 15.4. The van der Waals surface area contributed by atoms with Gasteiger partial charge in [0.05, 0.1) is 0 Å². The van der Waals surface area contributed by atoms with Crippen molar-refractivity contribution in [3.05, 3.63) is 84.4 Å². The molecule has 3 aromatic carbocycles. The molecule has 0 aliphatic carbocycles. The molecule has 0 saturated heterocycles. The van der Waals surface area contributed by atoms with Crippen LogP contribution in [0.25, 0.3) is 11.1 Å². The topological polar surface area (TPSA) is 55.4 Å². The fraction of sp³-hybridized carbons (Fsp3) is 0.167. The van der Waals surface area contributed by atoms with Gasteiger partial charge >= 0.3 is 5.97 Å². The number of fused-ring (bicyclic) bond motifs is 1. The molecule has 1 heterocycles. The van der Waals surface area contributed by atoms with Crippen molar-refractivity contribution in [3.8, 4) is 16.9 Å². The Bertz CT molecular complexity index is 980. The van der Waals surface area contributed by atoms with Crippen LogP contribution in [0.3, 0.4) is 0 Å². The highest BCUT2D eigenvalue weighted by Crippen LogP contribution is 2.28. The minimum absolute atomic E-state index is 0.0290. The van der Waals surface area contributed by atoms with Crippen LogP contribution in [-0.4, -0.2) is 11.9 Å². The largest absolute Gasteiger partial charge is 0.427 e. The van der Waals surface area contributed by atoms with Crippen molar-refractivity contribution in [1.82, 2.24) is 0 Å². The average Bonchev–Trinajstić information content (AvgIpc) is 2.73. The molecule has 4 nitrogen and oxygen atoms in total. The Labute approximate surface area is 164 Å². The summed E-state index contributed by atoms with van der Waals surface area (Å²) in [4.78, 5) is 24.4. The van der Waals surface area contributed by atoms with Gasteiger partial charge in [-0.05, 0) is 47.7 Å². The first-order chi connectivity index (χ1) is 13.7. The molecule has 4 rings (SSSR count). The average molecular weight is 371 g/mol. The monoisotopic (exact) mass is 371 g/mol. The molecular weight excluding hydrogens is 350 g/mol. The van der Waals surface area contributed by atoms with Gasteiger partial charge in [0, 0.05) is 18.0 Å². The Morgan fingerprint density at radius 2 is 1.57 bits per heavy atom. The maximum absolute atomic E-state index is 12.2. The van der Waals surface area contributed by atoms with Gasteiger partial charge in [0.2, 0.25) is 5.91 Å². The molecule has 0 saturated carbocycles. The second-order valence-electron chi connectivity index (χ2n) is 6.95. The smallest absolute Gasteiger partial charge is 0.311 e. The predicted octanol–water partition coefficient (Wildman–Crippen LogP) is 4.85. The lowest BCUT2D eigenvalue weighted by molar-refractivity contribution is -0.134. The number of hydrogen-bond donors (Lipinski definition) is 1. The van der Waals surface area contributed by atoms with Crippen molar-refractivity contribution in [2.24, 2.45) is 5.92 Å². The molecule has 140 valence electrons. The summed E-state index contributed by atoms with van der Waals surface area (Å²) in [7, 11) is 0. The first-order valence-electron chi connectivity index (χ1n) is 9.44. The predicted molar refractivity (Wildman–Crippen MR) is 109 cm³/mol. The normalized spacial score (nSPS) is 15.4. The summed E-state index contributed by atoms with van der Waals surface area (Å²) in [5.74, 6) is -0.0381. The first-order valence-corrected chi connectivity index (χ1v) is 9.44. The maximum atomic E-state index is 12.2. The van der Waals surface area contributed by atoms with Gasteiger partial charge in [-0.15, -0.1) is 0 Å². The van der Waals surface area contributed by atoms with Crippen LogP contribution < -0.4 is 10.1 Å². The van der Waals surface area contributed by atoms with Crippen LogP contribution in [0.15, 0.2) is 78.9 Å². The quantitative estimate of drug-likeness (QED) is 0.515. The highest BCUT2D eigenvalue weighted by Gasteiger charge is 2.26. The van der Waals surface area contributed by atoms with Crippen LogP contribution in [0.2, 0.25) is 0 Å². The van der Waals surface area contributed by atoms with Crippen molar-refractivity contribution < 1.29 is 14.3 Å². The van der Waals surface area contributed by atoms with Gasteiger partial charge < -0.3 is 10.1 Å². The Balaban J connectivity index is 1.32. The highest BCUT2D eigenvalue weighted by molar-refractivity contribution is 5.95. The van der Waals surface area contributed by atoms with Crippen molar-refractivity contribution in [1.29, 1.82) is 0 Å². The van der Waals surface area contributed by atoms with E-state index in [-0.39, 0.29) is 24.2 Å². The van der Waals surface area contributed by atoms with E-state index in [9.17, 15) is 9.59 Å². The van der Waals surface area contributed by atoms with Gasteiger partial charge in [0.15, 0.2) is 0 Å². The molecule has 1 aliphatic rings. The van der Waals surface area contributed by atoms with E-state index in [1.54, 1.807) is 12.1 Å². The van der Waals surface area contributed by atoms with Gasteiger partial charge in [-0.25, -0.2) is 0 Å². The Morgan fingerprint density at radius 1 is 0.893 bits per heavy atom. The van der Waals surface area contributed by atoms with Crippen LogP contribution in [-0.2, 0) is 16.0 Å². The minimum atomic E-state index is -0.320. The lowest BCUT2D eigenvalue weighted by atomic mass is 9.90. The molecule has 1 aliphatic heterocycles. The SMILES string of the molecule is O=C(CCC1Cc2ccccc2NC1=O)Oc1ccc(-c2ccccc2)cc1. The van der Waals surface area contributed by atoms with Crippen LogP contribution in [0.1, 0.15) is 18.4 Å². The first kappa shape index (κ1) is 18.0. The summed E-state index contributed by atoms with van der Waals surface area (Å²) < 4.78 is 5.43. The standard InChI is InChI=1S/C24H21NO3/c26-23(15-12-20-16-19-8-4-5-9-22(19)25-24(20)27)28-21-13-10-18(11-14-21)17-6-2-1-3-7-17/h1-11,13-14,20H,12,15-16H2,(H,25,27). The van der Waals surface area contributed by atoms with Crippen LogP contribution in [0, 0.1) is 5.92 Å². The van der Waals surface area contributed by atoms with Crippen LogP contribution in [0.4, 0.5) is 5.69 Å². The molecule has 0 radical (unpaired) electrons. The number of benzene rings is 3. The molecule has 0 bridgehead atoms. The van der Waals surface area contributed by atoms with Crippen molar-refractivity contribution in [2.75, 3.05) is 5.32 Å². The number of hydrogen-bond acceptors (Lipinski definition) is 3. The number of carbonyl (C=O) groups excluding carboxylic acids is 2.